The first-order chi connectivity index (χ1) is 5.81. The Hall–Kier alpha value is 0.350. The molecule has 0 saturated carbocycles. The molecule has 0 bridgehead atoms. The minimum Gasteiger partial charge on any atom is -0.0654 e. The van der Waals surface area contributed by atoms with E-state index in [-0.39, 0.29) is 0 Å². The predicted molar refractivity (Wildman–Crippen MR) is 62.1 cm³/mol. The van der Waals surface area contributed by atoms with Crippen molar-refractivity contribution in [2.75, 3.05) is 17.8 Å². The van der Waals surface area contributed by atoms with E-state index in [0.717, 1.165) is 0 Å². The van der Waals surface area contributed by atoms with Crippen LogP contribution >= 0.6 is 0 Å². The Morgan fingerprint density at radius 3 is 2.00 bits per heavy atom. The fourth-order valence-corrected chi connectivity index (χ4v) is 2.26. The summed E-state index contributed by atoms with van der Waals surface area (Å²) in [7, 11) is 0.716. The summed E-state index contributed by atoms with van der Waals surface area (Å²) >= 11 is 0. The summed E-state index contributed by atoms with van der Waals surface area (Å²) in [5, 5.41) is 0. The van der Waals surface area contributed by atoms with Gasteiger partial charge in [-0.2, -0.15) is 0 Å². The van der Waals surface area contributed by atoms with E-state index in [2.05, 4.69) is 20.1 Å². The molecule has 1 atom stereocenters. The lowest BCUT2D eigenvalue weighted by Gasteiger charge is -2.00. The molecule has 0 aliphatic carbocycles. The van der Waals surface area contributed by atoms with Crippen molar-refractivity contribution in [3.05, 3.63) is 0 Å². The molecule has 0 aliphatic heterocycles. The Morgan fingerprint density at radius 1 is 0.833 bits per heavy atom. The molecule has 0 aromatic carbocycles. The molecule has 0 aromatic rings. The van der Waals surface area contributed by atoms with E-state index in [1.165, 1.54) is 50.0 Å². The second-order valence-electron chi connectivity index (χ2n) is 3.54. The Labute approximate surface area is 81.5 Å². The van der Waals surface area contributed by atoms with Crippen LogP contribution in [0.2, 0.25) is 0 Å². The number of hydrogen-bond donors (Lipinski definition) is 0. The molecular formula is C11H25S+. The molecule has 0 spiro atoms. The normalized spacial score (nSPS) is 13.2. The van der Waals surface area contributed by atoms with Crippen LogP contribution in [0, 0.1) is 0 Å². The Bertz CT molecular complexity index is 81.1. The van der Waals surface area contributed by atoms with Crippen LogP contribution in [0.3, 0.4) is 0 Å². The molecule has 0 N–H and O–H groups in total. The maximum atomic E-state index is 2.39. The van der Waals surface area contributed by atoms with Crippen LogP contribution in [0.25, 0.3) is 0 Å². The van der Waals surface area contributed by atoms with Crippen molar-refractivity contribution >= 4 is 10.9 Å². The minimum absolute atomic E-state index is 0.716. The van der Waals surface area contributed by atoms with Gasteiger partial charge in [0.25, 0.3) is 0 Å². The van der Waals surface area contributed by atoms with E-state index in [1.54, 1.807) is 0 Å². The first-order valence-electron chi connectivity index (χ1n) is 5.40. The third-order valence-corrected chi connectivity index (χ3v) is 4.31. The van der Waals surface area contributed by atoms with Crippen LogP contribution in [0.15, 0.2) is 0 Å². The highest BCUT2D eigenvalue weighted by molar-refractivity contribution is 7.96. The largest absolute Gasteiger partial charge is 0.107 e. The molecule has 0 rings (SSSR count). The zero-order chi connectivity index (χ0) is 9.23. The van der Waals surface area contributed by atoms with Crippen molar-refractivity contribution in [3.63, 3.8) is 0 Å². The highest BCUT2D eigenvalue weighted by atomic mass is 32.2. The highest BCUT2D eigenvalue weighted by Gasteiger charge is 2.05. The van der Waals surface area contributed by atoms with Crippen molar-refractivity contribution < 1.29 is 0 Å². The molecule has 12 heavy (non-hydrogen) atoms. The van der Waals surface area contributed by atoms with E-state index in [1.807, 2.05) is 0 Å². The van der Waals surface area contributed by atoms with Gasteiger partial charge >= 0.3 is 0 Å². The van der Waals surface area contributed by atoms with Crippen LogP contribution in [-0.2, 0) is 10.9 Å². The number of unbranched alkanes of at least 4 members (excludes halogenated alkanes) is 5. The maximum Gasteiger partial charge on any atom is 0.107 e. The van der Waals surface area contributed by atoms with Crippen LogP contribution in [0.1, 0.15) is 52.4 Å². The predicted octanol–water partition coefficient (Wildman–Crippen LogP) is 3.61. The smallest absolute Gasteiger partial charge is 0.0654 e. The van der Waals surface area contributed by atoms with E-state index in [0.29, 0.717) is 10.9 Å². The van der Waals surface area contributed by atoms with Gasteiger partial charge in [-0.3, -0.25) is 0 Å². The van der Waals surface area contributed by atoms with Gasteiger partial charge in [0.2, 0.25) is 0 Å². The molecule has 0 saturated heterocycles. The van der Waals surface area contributed by atoms with Gasteiger partial charge in [-0.25, -0.2) is 0 Å². The van der Waals surface area contributed by atoms with Crippen molar-refractivity contribution in [1.29, 1.82) is 0 Å². The summed E-state index contributed by atoms with van der Waals surface area (Å²) in [5.74, 6) is 2.86. The van der Waals surface area contributed by atoms with Gasteiger partial charge in [-0.05, 0) is 30.7 Å². The number of rotatable bonds is 8. The van der Waals surface area contributed by atoms with Crippen molar-refractivity contribution in [2.24, 2.45) is 0 Å². The molecule has 1 heteroatoms. The third kappa shape index (κ3) is 8.45. The molecule has 0 heterocycles. The standard InChI is InChI=1S/C11H25S/c1-4-6-7-8-9-10-11-12(3)5-2/h4-11H2,1-3H3/q+1. The molecule has 0 amide bonds. The van der Waals surface area contributed by atoms with Gasteiger partial charge in [0.15, 0.2) is 0 Å². The Morgan fingerprint density at radius 2 is 1.42 bits per heavy atom. The topological polar surface area (TPSA) is 0 Å². The van der Waals surface area contributed by atoms with Crippen molar-refractivity contribution in [1.82, 2.24) is 0 Å². The maximum absolute atomic E-state index is 2.39. The lowest BCUT2D eigenvalue weighted by molar-refractivity contribution is 0.626. The fourth-order valence-electron chi connectivity index (χ4n) is 1.27. The van der Waals surface area contributed by atoms with E-state index >= 15 is 0 Å². The molecule has 0 aliphatic rings. The van der Waals surface area contributed by atoms with E-state index < -0.39 is 0 Å². The van der Waals surface area contributed by atoms with E-state index in [9.17, 15) is 0 Å². The van der Waals surface area contributed by atoms with E-state index in [4.69, 9.17) is 0 Å². The molecular weight excluding hydrogens is 164 g/mol. The Kier molecular flexibility index (Phi) is 9.71. The lowest BCUT2D eigenvalue weighted by Crippen LogP contribution is -2.06. The summed E-state index contributed by atoms with van der Waals surface area (Å²) < 4.78 is 0. The first kappa shape index (κ1) is 12.3. The number of hydrogen-bond acceptors (Lipinski definition) is 0. The molecule has 0 fully saturated rings. The third-order valence-electron chi connectivity index (χ3n) is 2.34. The monoisotopic (exact) mass is 189 g/mol. The van der Waals surface area contributed by atoms with Gasteiger partial charge in [0.1, 0.15) is 11.5 Å². The van der Waals surface area contributed by atoms with Crippen LogP contribution in [-0.4, -0.2) is 17.8 Å². The molecule has 0 aromatic heterocycles. The summed E-state index contributed by atoms with van der Waals surface area (Å²) in [6, 6.07) is 0. The second-order valence-corrected chi connectivity index (χ2v) is 6.09. The second kappa shape index (κ2) is 9.44. The van der Waals surface area contributed by atoms with Gasteiger partial charge < -0.3 is 0 Å². The lowest BCUT2D eigenvalue weighted by atomic mass is 10.1. The zero-order valence-corrected chi connectivity index (χ0v) is 9.88. The SMILES string of the molecule is CCCCCCCC[S+](C)CC. The summed E-state index contributed by atoms with van der Waals surface area (Å²) in [5.41, 5.74) is 0. The van der Waals surface area contributed by atoms with Crippen molar-refractivity contribution in [3.8, 4) is 0 Å². The zero-order valence-electron chi connectivity index (χ0n) is 9.07. The fraction of sp³-hybridized carbons (Fsp3) is 1.00. The van der Waals surface area contributed by atoms with Gasteiger partial charge in [-0.1, -0.05) is 32.6 Å². The van der Waals surface area contributed by atoms with Crippen LogP contribution < -0.4 is 0 Å². The summed E-state index contributed by atoms with van der Waals surface area (Å²) in [4.78, 5) is 0. The quantitative estimate of drug-likeness (QED) is 0.404. The molecule has 0 radical (unpaired) electrons. The Balaban J connectivity index is 2.90. The summed E-state index contributed by atoms with van der Waals surface area (Å²) in [6.45, 7) is 4.58. The van der Waals surface area contributed by atoms with Crippen LogP contribution in [0.4, 0.5) is 0 Å². The summed E-state index contributed by atoms with van der Waals surface area (Å²) in [6.07, 6.45) is 11.1. The molecule has 1 unspecified atom stereocenters. The average Bonchev–Trinajstić information content (AvgIpc) is 2.10. The van der Waals surface area contributed by atoms with Crippen molar-refractivity contribution in [2.45, 2.75) is 52.4 Å². The van der Waals surface area contributed by atoms with Gasteiger partial charge in [0, 0.05) is 0 Å². The minimum atomic E-state index is 0.716. The molecule has 74 valence electrons. The highest BCUT2D eigenvalue weighted by Crippen LogP contribution is 2.06. The molecule has 0 nitrogen and oxygen atoms in total. The van der Waals surface area contributed by atoms with Gasteiger partial charge in [0.05, 0.1) is 6.26 Å². The van der Waals surface area contributed by atoms with Gasteiger partial charge in [-0.15, -0.1) is 0 Å². The average molecular weight is 189 g/mol. The van der Waals surface area contributed by atoms with Crippen LogP contribution in [0.5, 0.6) is 0 Å². The first-order valence-corrected chi connectivity index (χ1v) is 7.37.